The van der Waals surface area contributed by atoms with Gasteiger partial charge in [-0.25, -0.2) is 0 Å². The number of aromatic nitrogens is 3. The number of rotatable bonds is 3. The van der Waals surface area contributed by atoms with Gasteiger partial charge in [-0.3, -0.25) is 9.67 Å². The van der Waals surface area contributed by atoms with Gasteiger partial charge in [0, 0.05) is 30.6 Å². The van der Waals surface area contributed by atoms with Crippen LogP contribution in [-0.2, 0) is 13.7 Å². The van der Waals surface area contributed by atoms with Crippen molar-refractivity contribution in [1.82, 2.24) is 14.8 Å². The molecule has 0 aromatic carbocycles. The Morgan fingerprint density at radius 1 is 1.44 bits per heavy atom. The number of pyridine rings is 1. The third-order valence-corrected chi connectivity index (χ3v) is 2.16. The smallest absolute Gasteiger partial charge is 0.165 e. The summed E-state index contributed by atoms with van der Waals surface area (Å²) in [6.45, 7) is 1.78. The Bertz CT molecular complexity index is 494. The highest BCUT2D eigenvalue weighted by atomic mass is 16.5. The molecule has 0 saturated heterocycles. The van der Waals surface area contributed by atoms with Crippen LogP contribution in [0.5, 0.6) is 11.5 Å². The number of aliphatic hydroxyl groups is 1. The Labute approximate surface area is 93.3 Å². The molecule has 0 spiro atoms. The summed E-state index contributed by atoms with van der Waals surface area (Å²) in [5, 5.41) is 13.2. The Balaban J connectivity index is 2.29. The minimum Gasteiger partial charge on any atom is -0.454 e. The van der Waals surface area contributed by atoms with E-state index in [0.29, 0.717) is 17.1 Å². The minimum atomic E-state index is -0.0944. The molecular weight excluding hydrogens is 206 g/mol. The lowest BCUT2D eigenvalue weighted by atomic mass is 10.2. The molecule has 2 aromatic rings. The van der Waals surface area contributed by atoms with E-state index >= 15 is 0 Å². The van der Waals surface area contributed by atoms with Crippen molar-refractivity contribution < 1.29 is 9.84 Å². The molecule has 0 amide bonds. The number of aryl methyl sites for hydroxylation is 2. The molecule has 16 heavy (non-hydrogen) atoms. The first-order chi connectivity index (χ1) is 7.69. The predicted molar refractivity (Wildman–Crippen MR) is 58.2 cm³/mol. The lowest BCUT2D eigenvalue weighted by Crippen LogP contribution is -1.94. The van der Waals surface area contributed by atoms with E-state index in [0.717, 1.165) is 5.69 Å². The molecule has 0 bridgehead atoms. The molecule has 1 N–H and O–H groups in total. The van der Waals surface area contributed by atoms with Crippen molar-refractivity contribution in [2.24, 2.45) is 7.05 Å². The Morgan fingerprint density at radius 3 is 2.88 bits per heavy atom. The van der Waals surface area contributed by atoms with Gasteiger partial charge in [0.1, 0.15) is 5.75 Å². The molecule has 0 aliphatic rings. The van der Waals surface area contributed by atoms with Crippen molar-refractivity contribution in [3.05, 3.63) is 35.9 Å². The number of ether oxygens (including phenoxy) is 1. The summed E-state index contributed by atoms with van der Waals surface area (Å²) in [6, 6.07) is 1.79. The molecule has 0 radical (unpaired) electrons. The van der Waals surface area contributed by atoms with E-state index in [1.54, 1.807) is 29.3 Å². The van der Waals surface area contributed by atoms with Crippen LogP contribution >= 0.6 is 0 Å². The number of nitrogens with zero attached hydrogens (tertiary/aromatic N) is 3. The first-order valence-electron chi connectivity index (χ1n) is 4.92. The highest BCUT2D eigenvalue weighted by molar-refractivity contribution is 5.35. The SMILES string of the molecule is Cc1cc(Oc2cnn(C)c2)c(CO)cn1. The van der Waals surface area contributed by atoms with Crippen molar-refractivity contribution in [2.45, 2.75) is 13.5 Å². The lowest BCUT2D eigenvalue weighted by molar-refractivity contribution is 0.276. The maximum atomic E-state index is 9.15. The number of hydrogen-bond acceptors (Lipinski definition) is 4. The highest BCUT2D eigenvalue weighted by Gasteiger charge is 2.06. The van der Waals surface area contributed by atoms with Gasteiger partial charge in [0.15, 0.2) is 5.75 Å². The number of hydrogen-bond donors (Lipinski definition) is 1. The topological polar surface area (TPSA) is 60.2 Å². The van der Waals surface area contributed by atoms with E-state index in [1.165, 1.54) is 0 Å². The van der Waals surface area contributed by atoms with E-state index in [9.17, 15) is 0 Å². The maximum Gasteiger partial charge on any atom is 0.165 e. The molecule has 2 heterocycles. The largest absolute Gasteiger partial charge is 0.454 e. The molecule has 0 saturated carbocycles. The summed E-state index contributed by atoms with van der Waals surface area (Å²) in [5.74, 6) is 1.26. The van der Waals surface area contributed by atoms with Crippen LogP contribution in [0.15, 0.2) is 24.7 Å². The van der Waals surface area contributed by atoms with Crippen LogP contribution in [0.4, 0.5) is 0 Å². The first kappa shape index (κ1) is 10.6. The van der Waals surface area contributed by atoms with E-state index in [2.05, 4.69) is 10.1 Å². The van der Waals surface area contributed by atoms with Gasteiger partial charge in [-0.05, 0) is 6.92 Å². The second-order valence-corrected chi connectivity index (χ2v) is 3.54. The van der Waals surface area contributed by atoms with Crippen LogP contribution in [0, 0.1) is 6.92 Å². The molecule has 0 aliphatic carbocycles. The normalized spacial score (nSPS) is 10.4. The molecule has 0 aliphatic heterocycles. The fourth-order valence-corrected chi connectivity index (χ4v) is 1.36. The molecule has 2 aromatic heterocycles. The zero-order chi connectivity index (χ0) is 11.5. The number of aliphatic hydroxyl groups excluding tert-OH is 1. The third kappa shape index (κ3) is 2.20. The van der Waals surface area contributed by atoms with Gasteiger partial charge >= 0.3 is 0 Å². The molecular formula is C11H13N3O2. The van der Waals surface area contributed by atoms with Crippen LogP contribution in [-0.4, -0.2) is 19.9 Å². The van der Waals surface area contributed by atoms with E-state index in [-0.39, 0.29) is 6.61 Å². The average molecular weight is 219 g/mol. The van der Waals surface area contributed by atoms with Crippen LogP contribution in [0.25, 0.3) is 0 Å². The maximum absolute atomic E-state index is 9.15. The second-order valence-electron chi connectivity index (χ2n) is 3.54. The zero-order valence-electron chi connectivity index (χ0n) is 9.21. The minimum absolute atomic E-state index is 0.0944. The van der Waals surface area contributed by atoms with E-state index in [4.69, 9.17) is 9.84 Å². The van der Waals surface area contributed by atoms with Crippen molar-refractivity contribution in [1.29, 1.82) is 0 Å². The Hall–Kier alpha value is -1.88. The molecule has 0 fully saturated rings. The van der Waals surface area contributed by atoms with Gasteiger partial charge in [-0.1, -0.05) is 0 Å². The van der Waals surface area contributed by atoms with Crippen molar-refractivity contribution in [3.63, 3.8) is 0 Å². The third-order valence-electron chi connectivity index (χ3n) is 2.16. The van der Waals surface area contributed by atoms with Gasteiger partial charge in [-0.2, -0.15) is 5.10 Å². The molecule has 0 unspecified atom stereocenters. The van der Waals surface area contributed by atoms with Crippen molar-refractivity contribution in [3.8, 4) is 11.5 Å². The van der Waals surface area contributed by atoms with Gasteiger partial charge < -0.3 is 9.84 Å². The summed E-state index contributed by atoms with van der Waals surface area (Å²) in [5.41, 5.74) is 1.51. The zero-order valence-corrected chi connectivity index (χ0v) is 9.21. The average Bonchev–Trinajstić information content (AvgIpc) is 2.64. The van der Waals surface area contributed by atoms with Crippen LogP contribution in [0.1, 0.15) is 11.3 Å². The monoisotopic (exact) mass is 219 g/mol. The molecule has 2 rings (SSSR count). The summed E-state index contributed by atoms with van der Waals surface area (Å²) < 4.78 is 7.27. The highest BCUT2D eigenvalue weighted by Crippen LogP contribution is 2.24. The van der Waals surface area contributed by atoms with Crippen LogP contribution in [0.2, 0.25) is 0 Å². The molecule has 5 nitrogen and oxygen atoms in total. The van der Waals surface area contributed by atoms with Gasteiger partial charge in [-0.15, -0.1) is 0 Å². The van der Waals surface area contributed by atoms with Crippen LogP contribution in [0.3, 0.4) is 0 Å². The van der Waals surface area contributed by atoms with Crippen LogP contribution < -0.4 is 4.74 Å². The van der Waals surface area contributed by atoms with Crippen molar-refractivity contribution in [2.75, 3.05) is 0 Å². The Kier molecular flexibility index (Phi) is 2.87. The predicted octanol–water partition coefficient (Wildman–Crippen LogP) is 1.41. The summed E-state index contributed by atoms with van der Waals surface area (Å²) >= 11 is 0. The quantitative estimate of drug-likeness (QED) is 0.847. The standard InChI is InChI=1S/C11H13N3O2/c1-8-3-11(9(7-15)4-12-8)16-10-5-13-14(2)6-10/h3-6,15H,7H2,1-2H3. The van der Waals surface area contributed by atoms with E-state index in [1.807, 2.05) is 14.0 Å². The second kappa shape index (κ2) is 4.32. The fraction of sp³-hybridized carbons (Fsp3) is 0.273. The van der Waals surface area contributed by atoms with Gasteiger partial charge in [0.25, 0.3) is 0 Å². The van der Waals surface area contributed by atoms with E-state index < -0.39 is 0 Å². The summed E-state index contributed by atoms with van der Waals surface area (Å²) in [6.07, 6.45) is 4.99. The fourth-order valence-electron chi connectivity index (χ4n) is 1.36. The summed E-state index contributed by atoms with van der Waals surface area (Å²) in [4.78, 5) is 4.10. The summed E-state index contributed by atoms with van der Waals surface area (Å²) in [7, 11) is 1.82. The lowest BCUT2D eigenvalue weighted by Gasteiger charge is -2.07. The van der Waals surface area contributed by atoms with Crippen molar-refractivity contribution >= 4 is 0 Å². The molecule has 0 atom stereocenters. The molecule has 5 heteroatoms. The Morgan fingerprint density at radius 2 is 2.25 bits per heavy atom. The molecule has 84 valence electrons. The van der Waals surface area contributed by atoms with Gasteiger partial charge in [0.2, 0.25) is 0 Å². The van der Waals surface area contributed by atoms with Gasteiger partial charge in [0.05, 0.1) is 19.0 Å². The first-order valence-corrected chi connectivity index (χ1v) is 4.92.